The van der Waals surface area contributed by atoms with E-state index in [1.165, 1.54) is 21.3 Å². The molecule has 0 heterocycles. The molecule has 0 aliphatic carbocycles. The molecule has 0 nitrogen and oxygen atoms in total. The van der Waals surface area contributed by atoms with Gasteiger partial charge in [-0.2, -0.15) is 17.5 Å². The number of fused-ring (bicyclic) bond motifs is 1. The Bertz CT molecular complexity index is 793. The van der Waals surface area contributed by atoms with Crippen LogP contribution in [0.3, 0.4) is 0 Å². The Balaban J connectivity index is 0. The van der Waals surface area contributed by atoms with Crippen molar-refractivity contribution in [1.82, 2.24) is 0 Å². The van der Waals surface area contributed by atoms with Gasteiger partial charge in [-0.25, -0.2) is 0 Å². The number of rotatable bonds is 1. The fourth-order valence-corrected chi connectivity index (χ4v) is 2.88. The van der Waals surface area contributed by atoms with Gasteiger partial charge >= 0.3 is 0 Å². The van der Waals surface area contributed by atoms with Crippen LogP contribution >= 0.6 is 9.24 Å². The first-order chi connectivity index (χ1) is 11.8. The van der Waals surface area contributed by atoms with Crippen molar-refractivity contribution in [2.75, 3.05) is 0 Å². The van der Waals surface area contributed by atoms with Gasteiger partial charge in [-0.15, -0.1) is 38.9 Å². The number of benzene rings is 3. The maximum atomic E-state index is 2.63. The SMILES string of the molecule is C[Si]c1ccccc1.Pc1ccccc1.[H-].[H-].[Hf].c1ccc2[cH-]ccc2c1. The molecule has 0 bridgehead atoms. The van der Waals surface area contributed by atoms with Crippen LogP contribution in [0.1, 0.15) is 2.85 Å². The predicted octanol–water partition coefficient (Wildman–Crippen LogP) is 5.03. The third kappa shape index (κ3) is 8.63. The van der Waals surface area contributed by atoms with Gasteiger partial charge in [0.25, 0.3) is 0 Å². The van der Waals surface area contributed by atoms with Crippen LogP contribution in [0.15, 0.2) is 103 Å². The van der Waals surface area contributed by atoms with E-state index in [4.69, 9.17) is 0 Å². The third-order valence-electron chi connectivity index (χ3n) is 3.41. The smallest absolute Gasteiger partial charge is 0.0773 e. The average molecular weight is 526 g/mol. The summed E-state index contributed by atoms with van der Waals surface area (Å²) in [5.74, 6) is 0. The van der Waals surface area contributed by atoms with Crippen LogP contribution in [0.4, 0.5) is 0 Å². The summed E-state index contributed by atoms with van der Waals surface area (Å²) in [6.45, 7) is 2.19. The van der Waals surface area contributed by atoms with Gasteiger partial charge in [0.15, 0.2) is 0 Å². The second-order valence-electron chi connectivity index (χ2n) is 5.18. The van der Waals surface area contributed by atoms with Gasteiger partial charge in [-0.05, 0) is 5.30 Å². The molecule has 2 radical (unpaired) electrons. The second kappa shape index (κ2) is 13.1. The largest absolute Gasteiger partial charge is 1.00 e. The van der Waals surface area contributed by atoms with Crippen molar-refractivity contribution >= 4 is 40.0 Å². The fourth-order valence-electron chi connectivity index (χ4n) is 2.13. The Morgan fingerprint density at radius 3 is 1.80 bits per heavy atom. The summed E-state index contributed by atoms with van der Waals surface area (Å²) < 4.78 is 0. The summed E-state index contributed by atoms with van der Waals surface area (Å²) in [6.07, 6.45) is 0. The molecular weight excluding hydrogens is 502 g/mol. The van der Waals surface area contributed by atoms with Crippen LogP contribution < -0.4 is 10.5 Å². The molecule has 128 valence electrons. The Morgan fingerprint density at radius 2 is 1.32 bits per heavy atom. The zero-order chi connectivity index (χ0) is 17.0. The van der Waals surface area contributed by atoms with Crippen molar-refractivity contribution < 1.29 is 28.7 Å². The molecule has 0 saturated carbocycles. The summed E-state index contributed by atoms with van der Waals surface area (Å²) in [5, 5.41) is 5.34. The van der Waals surface area contributed by atoms with E-state index in [2.05, 4.69) is 82.5 Å². The molecule has 0 fully saturated rings. The van der Waals surface area contributed by atoms with Crippen molar-refractivity contribution in [2.24, 2.45) is 0 Å². The molecule has 0 N–H and O–H groups in total. The molecule has 0 aliphatic heterocycles. The normalized spacial score (nSPS) is 9.04. The fraction of sp³-hybridized carbons (Fsp3) is 0.0455. The quantitative estimate of drug-likeness (QED) is 0.186. The van der Waals surface area contributed by atoms with Crippen LogP contribution in [0.2, 0.25) is 6.55 Å². The summed E-state index contributed by atoms with van der Waals surface area (Å²) >= 11 is 0. The third-order valence-corrected chi connectivity index (χ3v) is 4.71. The van der Waals surface area contributed by atoms with Crippen LogP contribution in [0, 0.1) is 0 Å². The molecule has 4 aromatic carbocycles. The molecule has 1 atom stereocenters. The van der Waals surface area contributed by atoms with E-state index in [-0.39, 0.29) is 28.7 Å². The maximum absolute atomic E-state index is 2.63. The van der Waals surface area contributed by atoms with Gasteiger partial charge in [0.2, 0.25) is 0 Å². The number of hydrogen-bond acceptors (Lipinski definition) is 0. The van der Waals surface area contributed by atoms with E-state index in [0.717, 1.165) is 9.52 Å². The van der Waals surface area contributed by atoms with Gasteiger partial charge in [0, 0.05) is 25.8 Å². The van der Waals surface area contributed by atoms with Crippen molar-refractivity contribution in [3.05, 3.63) is 103 Å². The standard InChI is InChI=1S/C9H7.C7H8Si.C6H7P.Hf.2H/c1-2-5-9-7-3-6-8(9)4-1;1-8-7-5-3-2-4-6-7;7-6-4-2-1-3-5-6;;;/h1-7H;2-6H,1H3;1-5H,7H2;;;/q-1;;;;2*-1. The Hall–Kier alpha value is -1.21. The van der Waals surface area contributed by atoms with E-state index in [9.17, 15) is 0 Å². The molecule has 25 heavy (non-hydrogen) atoms. The first-order valence-corrected chi connectivity index (χ1v) is 10.0. The van der Waals surface area contributed by atoms with Crippen molar-refractivity contribution in [2.45, 2.75) is 6.55 Å². The van der Waals surface area contributed by atoms with Crippen LogP contribution in [-0.2, 0) is 25.8 Å². The minimum atomic E-state index is 0. The minimum Gasteiger partial charge on any atom is -1.00 e. The molecule has 4 rings (SSSR count). The molecular formula is C22H24HfPSi-3. The first-order valence-electron chi connectivity index (χ1n) is 7.93. The molecule has 1 unspecified atom stereocenters. The van der Waals surface area contributed by atoms with Crippen LogP contribution in [0.25, 0.3) is 10.8 Å². The molecule has 4 aromatic rings. The van der Waals surface area contributed by atoms with Crippen molar-refractivity contribution in [1.29, 1.82) is 0 Å². The Morgan fingerprint density at radius 1 is 0.760 bits per heavy atom. The zero-order valence-electron chi connectivity index (χ0n) is 16.4. The van der Waals surface area contributed by atoms with E-state index in [1.54, 1.807) is 0 Å². The Kier molecular flexibility index (Phi) is 11.4. The summed E-state index contributed by atoms with van der Waals surface area (Å²) in [6, 6.07) is 35.3. The summed E-state index contributed by atoms with van der Waals surface area (Å²) in [7, 11) is 3.56. The van der Waals surface area contributed by atoms with E-state index < -0.39 is 0 Å². The topological polar surface area (TPSA) is 0 Å². The number of hydrogen-bond donors (Lipinski definition) is 0. The molecule has 3 heteroatoms. The van der Waals surface area contributed by atoms with Gasteiger partial charge in [-0.3, -0.25) is 0 Å². The predicted molar refractivity (Wildman–Crippen MR) is 115 cm³/mol. The average Bonchev–Trinajstić information content (AvgIpc) is 3.13. The van der Waals surface area contributed by atoms with Crippen molar-refractivity contribution in [3.63, 3.8) is 0 Å². The molecule has 0 aliphatic rings. The van der Waals surface area contributed by atoms with Crippen LogP contribution in [-0.4, -0.2) is 9.52 Å². The Labute approximate surface area is 177 Å². The summed E-state index contributed by atoms with van der Waals surface area (Å²) in [4.78, 5) is 0. The van der Waals surface area contributed by atoms with E-state index in [0.29, 0.717) is 0 Å². The molecule has 0 aromatic heterocycles. The van der Waals surface area contributed by atoms with Crippen molar-refractivity contribution in [3.8, 4) is 0 Å². The molecule has 0 saturated heterocycles. The second-order valence-corrected chi connectivity index (χ2v) is 6.93. The summed E-state index contributed by atoms with van der Waals surface area (Å²) in [5.41, 5.74) is 0. The van der Waals surface area contributed by atoms with Gasteiger partial charge in [0.05, 0.1) is 9.52 Å². The molecule has 0 amide bonds. The van der Waals surface area contributed by atoms with Crippen LogP contribution in [0.5, 0.6) is 0 Å². The van der Waals surface area contributed by atoms with E-state index >= 15 is 0 Å². The monoisotopic (exact) mass is 527 g/mol. The minimum absolute atomic E-state index is 0. The van der Waals surface area contributed by atoms with Gasteiger partial charge in [0.1, 0.15) is 0 Å². The molecule has 0 spiro atoms. The van der Waals surface area contributed by atoms with Gasteiger partial charge < -0.3 is 2.85 Å². The zero-order valence-corrected chi connectivity index (χ0v) is 20.1. The van der Waals surface area contributed by atoms with Gasteiger partial charge in [-0.1, -0.05) is 78.5 Å². The maximum Gasteiger partial charge on any atom is 0.0773 e. The van der Waals surface area contributed by atoms with E-state index in [1.807, 2.05) is 36.4 Å². The first kappa shape index (κ1) is 21.8.